The Hall–Kier alpha value is -3.68. The number of hydrogen-bond acceptors (Lipinski definition) is 4. The van der Waals surface area contributed by atoms with Gasteiger partial charge in [0.25, 0.3) is 5.56 Å². The van der Waals surface area contributed by atoms with E-state index < -0.39 is 5.66 Å². The molecule has 36 heavy (non-hydrogen) atoms. The number of para-hydroxylation sites is 1. The van der Waals surface area contributed by atoms with E-state index >= 15 is 0 Å². The van der Waals surface area contributed by atoms with E-state index in [2.05, 4.69) is 4.90 Å². The van der Waals surface area contributed by atoms with Crippen LogP contribution < -0.4 is 5.56 Å². The van der Waals surface area contributed by atoms with Crippen LogP contribution in [-0.2, 0) is 12.2 Å². The maximum atomic E-state index is 14.1. The third-order valence-corrected chi connectivity index (χ3v) is 7.77. The van der Waals surface area contributed by atoms with Crippen molar-refractivity contribution >= 4 is 16.8 Å². The summed E-state index contributed by atoms with van der Waals surface area (Å²) >= 11 is 0. The SMILES string of the molecule is CCC1(c2nc3ccccc3c(=O)n2Cc2ccccc2)N(C)CC[N@@+]1(C)C(=O)c1ccc(F)cc1. The van der Waals surface area contributed by atoms with E-state index in [0.29, 0.717) is 48.3 Å². The normalized spacial score (nSPS) is 22.2. The van der Waals surface area contributed by atoms with Gasteiger partial charge in [-0.1, -0.05) is 49.4 Å². The maximum absolute atomic E-state index is 14.1. The first-order chi connectivity index (χ1) is 17.3. The molecule has 1 aromatic heterocycles. The zero-order valence-corrected chi connectivity index (χ0v) is 20.8. The summed E-state index contributed by atoms with van der Waals surface area (Å²) in [5.41, 5.74) is 0.987. The molecule has 0 bridgehead atoms. The van der Waals surface area contributed by atoms with Gasteiger partial charge in [0.15, 0.2) is 5.82 Å². The van der Waals surface area contributed by atoms with Crippen molar-refractivity contribution in [3.05, 3.63) is 112 Å². The van der Waals surface area contributed by atoms with Gasteiger partial charge in [0.2, 0.25) is 5.66 Å². The van der Waals surface area contributed by atoms with E-state index in [9.17, 15) is 14.0 Å². The van der Waals surface area contributed by atoms with Crippen LogP contribution in [0.3, 0.4) is 0 Å². The summed E-state index contributed by atoms with van der Waals surface area (Å²) in [4.78, 5) is 35.3. The highest BCUT2D eigenvalue weighted by atomic mass is 19.1. The number of nitrogens with zero attached hydrogens (tertiary/aromatic N) is 4. The molecular formula is C29H30FN4O2+. The van der Waals surface area contributed by atoms with E-state index in [0.717, 1.165) is 5.56 Å². The smallest absolute Gasteiger partial charge is 0.285 e. The van der Waals surface area contributed by atoms with Gasteiger partial charge in [-0.3, -0.25) is 9.36 Å². The van der Waals surface area contributed by atoms with Crippen LogP contribution in [0.2, 0.25) is 0 Å². The van der Waals surface area contributed by atoms with Crippen molar-refractivity contribution in [3.63, 3.8) is 0 Å². The molecule has 4 aromatic rings. The molecule has 6 nitrogen and oxygen atoms in total. The summed E-state index contributed by atoms with van der Waals surface area (Å²) in [5.74, 6) is 0.0489. The van der Waals surface area contributed by atoms with Gasteiger partial charge in [-0.25, -0.2) is 23.6 Å². The van der Waals surface area contributed by atoms with Crippen LogP contribution in [-0.4, -0.2) is 52.0 Å². The van der Waals surface area contributed by atoms with Gasteiger partial charge in [0.1, 0.15) is 12.4 Å². The largest absolute Gasteiger partial charge is 0.347 e. The van der Waals surface area contributed by atoms with Crippen molar-refractivity contribution in [2.75, 3.05) is 27.2 Å². The summed E-state index contributed by atoms with van der Waals surface area (Å²) in [6.45, 7) is 3.55. The summed E-state index contributed by atoms with van der Waals surface area (Å²) < 4.78 is 15.4. The molecule has 2 atom stereocenters. The number of hydrogen-bond donors (Lipinski definition) is 0. The van der Waals surface area contributed by atoms with Gasteiger partial charge in [0.05, 0.1) is 36.6 Å². The number of halogens is 1. The Balaban J connectivity index is 1.78. The lowest BCUT2D eigenvalue weighted by Crippen LogP contribution is -2.64. The van der Waals surface area contributed by atoms with Crippen molar-refractivity contribution in [1.82, 2.24) is 14.5 Å². The van der Waals surface area contributed by atoms with Crippen LogP contribution in [0.15, 0.2) is 83.7 Å². The number of rotatable bonds is 5. The quantitative estimate of drug-likeness (QED) is 0.394. The Kier molecular flexibility index (Phi) is 6.06. The molecule has 0 spiro atoms. The molecule has 184 valence electrons. The third kappa shape index (κ3) is 3.58. The fourth-order valence-electron chi connectivity index (χ4n) is 5.80. The van der Waals surface area contributed by atoms with E-state index in [1.807, 2.05) is 69.6 Å². The summed E-state index contributed by atoms with van der Waals surface area (Å²) in [7, 11) is 3.89. The molecule has 1 fully saturated rings. The monoisotopic (exact) mass is 485 g/mol. The minimum atomic E-state index is -0.899. The van der Waals surface area contributed by atoms with Gasteiger partial charge in [-0.15, -0.1) is 0 Å². The lowest BCUT2D eigenvalue weighted by atomic mass is 9.98. The molecule has 5 rings (SSSR count). The molecule has 1 aliphatic rings. The van der Waals surface area contributed by atoms with Gasteiger partial charge < -0.3 is 0 Å². The maximum Gasteiger partial charge on any atom is 0.347 e. The molecule has 0 saturated carbocycles. The van der Waals surface area contributed by atoms with Crippen molar-refractivity contribution in [2.45, 2.75) is 25.6 Å². The number of benzene rings is 3. The molecule has 1 unspecified atom stereocenters. The second kappa shape index (κ2) is 9.08. The Labute approximate surface area is 209 Å². The standard InChI is InChI=1S/C29H30FN4O2/c1-4-29(32(2)18-19-34(29,3)27(36)22-14-16-23(30)17-15-22)28-31-25-13-9-8-12-24(25)26(35)33(28)20-21-10-6-5-7-11-21/h5-17H,4,18-20H2,1-3H3/q+1/t29?,34-/m0/s1. The Morgan fingerprint density at radius 2 is 1.69 bits per heavy atom. The fourth-order valence-corrected chi connectivity index (χ4v) is 5.80. The Bertz CT molecular complexity index is 1490. The molecule has 1 amide bonds. The first-order valence-electron chi connectivity index (χ1n) is 12.2. The van der Waals surface area contributed by atoms with E-state index in [4.69, 9.17) is 4.98 Å². The predicted octanol–water partition coefficient (Wildman–Crippen LogP) is 4.38. The highest BCUT2D eigenvalue weighted by molar-refractivity contribution is 5.89. The molecule has 0 N–H and O–H groups in total. The molecule has 1 aliphatic heterocycles. The summed E-state index contributed by atoms with van der Waals surface area (Å²) in [6.07, 6.45) is 0.548. The lowest BCUT2D eigenvalue weighted by molar-refractivity contribution is -0.888. The van der Waals surface area contributed by atoms with Crippen molar-refractivity contribution in [2.24, 2.45) is 0 Å². The van der Waals surface area contributed by atoms with Crippen LogP contribution in [0.1, 0.15) is 35.1 Å². The van der Waals surface area contributed by atoms with Gasteiger partial charge in [-0.05, 0) is 49.0 Å². The predicted molar refractivity (Wildman–Crippen MR) is 138 cm³/mol. The topological polar surface area (TPSA) is 55.2 Å². The number of aromatic nitrogens is 2. The number of amides is 1. The third-order valence-electron chi connectivity index (χ3n) is 7.77. The number of likely N-dealkylation sites (N-methyl/N-ethyl adjacent to an activating group) is 2. The molecule has 2 heterocycles. The average Bonchev–Trinajstić information content (AvgIpc) is 3.17. The number of quaternary nitrogens is 1. The van der Waals surface area contributed by atoms with Crippen LogP contribution in [0, 0.1) is 5.82 Å². The Morgan fingerprint density at radius 3 is 2.39 bits per heavy atom. The van der Waals surface area contributed by atoms with Crippen molar-refractivity contribution in [1.29, 1.82) is 0 Å². The van der Waals surface area contributed by atoms with E-state index in [1.54, 1.807) is 10.6 Å². The zero-order valence-electron chi connectivity index (χ0n) is 20.8. The molecule has 3 aromatic carbocycles. The van der Waals surface area contributed by atoms with Crippen molar-refractivity contribution in [3.8, 4) is 0 Å². The Morgan fingerprint density at radius 1 is 1.03 bits per heavy atom. The summed E-state index contributed by atoms with van der Waals surface area (Å²) in [5, 5.41) is 0.545. The highest BCUT2D eigenvalue weighted by Crippen LogP contribution is 2.44. The number of fused-ring (bicyclic) bond motifs is 1. The number of carbonyl (C=O) groups excluding carboxylic acids is 1. The molecule has 7 heteroatoms. The van der Waals surface area contributed by atoms with E-state index in [-0.39, 0.29) is 21.8 Å². The first kappa shape index (κ1) is 24.0. The second-order valence-electron chi connectivity index (χ2n) is 9.65. The van der Waals surface area contributed by atoms with E-state index in [1.165, 1.54) is 24.3 Å². The molecule has 0 radical (unpaired) electrons. The second-order valence-corrected chi connectivity index (χ2v) is 9.65. The zero-order chi connectivity index (χ0) is 25.5. The minimum Gasteiger partial charge on any atom is -0.285 e. The summed E-state index contributed by atoms with van der Waals surface area (Å²) in [6, 6.07) is 22.9. The average molecular weight is 486 g/mol. The molecule has 0 aliphatic carbocycles. The fraction of sp³-hybridized carbons (Fsp3) is 0.276. The van der Waals surface area contributed by atoms with Crippen LogP contribution in [0.4, 0.5) is 4.39 Å². The van der Waals surface area contributed by atoms with Gasteiger partial charge in [0, 0.05) is 6.42 Å². The minimum absolute atomic E-state index is 0.00516. The number of carbonyl (C=O) groups is 1. The van der Waals surface area contributed by atoms with Gasteiger partial charge in [-0.2, -0.15) is 0 Å². The van der Waals surface area contributed by atoms with Crippen LogP contribution >= 0.6 is 0 Å². The van der Waals surface area contributed by atoms with Gasteiger partial charge >= 0.3 is 5.91 Å². The first-order valence-corrected chi connectivity index (χ1v) is 12.2. The lowest BCUT2D eigenvalue weighted by Gasteiger charge is -2.45. The van der Waals surface area contributed by atoms with Crippen LogP contribution in [0.25, 0.3) is 10.9 Å². The highest BCUT2D eigenvalue weighted by Gasteiger charge is 2.63. The van der Waals surface area contributed by atoms with Crippen molar-refractivity contribution < 1.29 is 13.7 Å². The van der Waals surface area contributed by atoms with Crippen LogP contribution in [0.5, 0.6) is 0 Å². The molecular weight excluding hydrogens is 455 g/mol. The molecule has 1 saturated heterocycles.